The molecule has 1 aliphatic heterocycles. The first-order valence-electron chi connectivity index (χ1n) is 10.2. The second-order valence-electron chi connectivity index (χ2n) is 7.68. The molecule has 2 aromatic heterocycles. The van der Waals surface area contributed by atoms with E-state index < -0.39 is 49.5 Å². The molecule has 0 radical (unpaired) electrons. The van der Waals surface area contributed by atoms with Gasteiger partial charge in [0.25, 0.3) is 0 Å². The van der Waals surface area contributed by atoms with Crippen LogP contribution in [0.1, 0.15) is 45.8 Å². The Morgan fingerprint density at radius 1 is 1.15 bits per heavy atom. The van der Waals surface area contributed by atoms with Crippen LogP contribution in [0.3, 0.4) is 0 Å². The van der Waals surface area contributed by atoms with E-state index in [1.807, 2.05) is 0 Å². The Bertz CT molecular complexity index is 1070. The molecule has 1 aliphatic rings. The Morgan fingerprint density at radius 3 is 2.30 bits per heavy atom. The largest absolute Gasteiger partial charge is 0.471 e. The molecule has 1 fully saturated rings. The number of ether oxygens (including phenoxy) is 1. The number of hydrogen-bond acceptors (Lipinski definition) is 11. The number of carbonyl (C=O) groups excluding carboxylic acids is 2. The first-order chi connectivity index (χ1) is 15.5. The number of phosphoric acid groups is 1. The third-order valence-electron chi connectivity index (χ3n) is 5.35. The van der Waals surface area contributed by atoms with E-state index >= 15 is 0 Å². The van der Waals surface area contributed by atoms with Crippen LogP contribution >= 0.6 is 7.82 Å². The minimum absolute atomic E-state index is 0.0405. The van der Waals surface area contributed by atoms with Crippen molar-refractivity contribution in [1.82, 2.24) is 19.5 Å². The van der Waals surface area contributed by atoms with Crippen molar-refractivity contribution in [1.29, 1.82) is 0 Å². The Hall–Kier alpha value is -2.32. The third-order valence-corrected chi connectivity index (χ3v) is 5.87. The van der Waals surface area contributed by atoms with Crippen molar-refractivity contribution in [3.05, 3.63) is 12.7 Å². The molecule has 6 N–H and O–H groups in total. The van der Waals surface area contributed by atoms with Gasteiger partial charge in [0.05, 0.1) is 6.33 Å². The number of aliphatic hydroxyl groups excluding tert-OH is 2. The molecule has 0 spiro atoms. The van der Waals surface area contributed by atoms with E-state index in [1.54, 1.807) is 13.8 Å². The van der Waals surface area contributed by atoms with Crippen LogP contribution in [-0.4, -0.2) is 75.0 Å². The average Bonchev–Trinajstić information content (AvgIpc) is 3.28. The van der Waals surface area contributed by atoms with E-state index in [0.29, 0.717) is 0 Å². The molecule has 3 heterocycles. The number of imidazole rings is 1. The zero-order valence-corrected chi connectivity index (χ0v) is 18.8. The number of aliphatic hydroxyl groups is 2. The van der Waals surface area contributed by atoms with Crippen LogP contribution in [-0.2, 0) is 23.4 Å². The zero-order valence-electron chi connectivity index (χ0n) is 17.9. The Labute approximate surface area is 188 Å². The molecule has 2 aromatic rings. The van der Waals surface area contributed by atoms with Gasteiger partial charge in [-0.1, -0.05) is 13.8 Å². The molecule has 14 nitrogen and oxygen atoms in total. The SMILES string of the molecule is CCCC(=O)C(OP(=O)(O)O)(C(=O)CCC)[C@H]1O[C@@H](n2cnc3c(N)ncnc32)[C@H](O)[C@@H]1O. The Kier molecular flexibility index (Phi) is 7.29. The number of phosphoric ester groups is 1. The molecule has 0 unspecified atom stereocenters. The number of fused-ring (bicyclic) bond motifs is 1. The van der Waals surface area contributed by atoms with Crippen LogP contribution < -0.4 is 5.73 Å². The highest BCUT2D eigenvalue weighted by molar-refractivity contribution is 7.46. The predicted octanol–water partition coefficient (Wildman–Crippen LogP) is -0.386. The number of anilines is 1. The fourth-order valence-electron chi connectivity index (χ4n) is 3.92. The highest BCUT2D eigenvalue weighted by atomic mass is 31.2. The van der Waals surface area contributed by atoms with Gasteiger partial charge in [-0.05, 0) is 12.8 Å². The molecule has 15 heteroatoms. The summed E-state index contributed by atoms with van der Waals surface area (Å²) < 4.78 is 23.6. The average molecular weight is 487 g/mol. The van der Waals surface area contributed by atoms with Gasteiger partial charge in [0.15, 0.2) is 29.3 Å². The van der Waals surface area contributed by atoms with Gasteiger partial charge in [0, 0.05) is 12.8 Å². The van der Waals surface area contributed by atoms with Gasteiger partial charge < -0.3 is 30.5 Å². The summed E-state index contributed by atoms with van der Waals surface area (Å²) in [4.78, 5) is 57.3. The number of aromatic nitrogens is 4. The van der Waals surface area contributed by atoms with E-state index in [1.165, 1.54) is 10.9 Å². The standard InChI is InChI=1S/C18H26N5O9P/c1-3-5-9(24)18(10(25)6-4-2,32-33(28,29)30)14-12(26)13(27)17(31-14)23-8-22-11-15(19)20-7-21-16(11)23/h7-8,12-14,17,26-27H,3-6H2,1-2H3,(H2,19,20,21)(H2,28,29,30)/t12-,13+,14-,17+/m0/s1. The van der Waals surface area contributed by atoms with E-state index in [9.17, 15) is 34.2 Å². The number of Topliss-reactive ketones (excluding diaryl/α,β-unsaturated/α-hetero) is 2. The van der Waals surface area contributed by atoms with Crippen LogP contribution in [0.2, 0.25) is 0 Å². The minimum atomic E-state index is -5.44. The summed E-state index contributed by atoms with van der Waals surface area (Å²) in [6.45, 7) is 3.24. The molecule has 182 valence electrons. The summed E-state index contributed by atoms with van der Waals surface area (Å²) in [5, 5.41) is 21.6. The zero-order chi connectivity index (χ0) is 24.6. The maximum Gasteiger partial charge on any atom is 0.471 e. The molecule has 3 rings (SSSR count). The molecule has 33 heavy (non-hydrogen) atoms. The predicted molar refractivity (Wildman–Crippen MR) is 111 cm³/mol. The van der Waals surface area contributed by atoms with E-state index in [0.717, 1.165) is 6.33 Å². The lowest BCUT2D eigenvalue weighted by molar-refractivity contribution is -0.173. The molecule has 0 bridgehead atoms. The van der Waals surface area contributed by atoms with Crippen LogP contribution in [0.15, 0.2) is 12.7 Å². The van der Waals surface area contributed by atoms with Crippen LogP contribution in [0.4, 0.5) is 5.82 Å². The Morgan fingerprint density at radius 2 is 1.76 bits per heavy atom. The van der Waals surface area contributed by atoms with Crippen LogP contribution in [0, 0.1) is 0 Å². The highest BCUT2D eigenvalue weighted by Crippen LogP contribution is 2.48. The summed E-state index contributed by atoms with van der Waals surface area (Å²) in [5.74, 6) is -1.92. The number of hydrogen-bond donors (Lipinski definition) is 5. The van der Waals surface area contributed by atoms with Gasteiger partial charge in [-0.15, -0.1) is 0 Å². The maximum atomic E-state index is 13.1. The number of ketones is 2. The fourth-order valence-corrected chi connectivity index (χ4v) is 4.60. The van der Waals surface area contributed by atoms with Crippen LogP contribution in [0.25, 0.3) is 11.2 Å². The Balaban J connectivity index is 2.13. The summed E-state index contributed by atoms with van der Waals surface area (Å²) >= 11 is 0. The number of carbonyl (C=O) groups is 2. The molecular formula is C18H26N5O9P. The first-order valence-corrected chi connectivity index (χ1v) is 11.8. The van der Waals surface area contributed by atoms with Crippen molar-refractivity contribution < 1.29 is 43.4 Å². The molecule has 0 saturated carbocycles. The monoisotopic (exact) mass is 487 g/mol. The summed E-state index contributed by atoms with van der Waals surface area (Å²) in [5.41, 5.74) is 3.22. The lowest BCUT2D eigenvalue weighted by Gasteiger charge is -2.36. The van der Waals surface area contributed by atoms with Gasteiger partial charge in [0.1, 0.15) is 30.2 Å². The second kappa shape index (κ2) is 9.50. The topological polar surface area (TPSA) is 220 Å². The van der Waals surface area contributed by atoms with Crippen LogP contribution in [0.5, 0.6) is 0 Å². The summed E-state index contributed by atoms with van der Waals surface area (Å²) in [6, 6.07) is 0. The first kappa shape index (κ1) is 25.3. The van der Waals surface area contributed by atoms with E-state index in [2.05, 4.69) is 15.0 Å². The van der Waals surface area contributed by atoms with Crippen molar-refractivity contribution in [2.45, 2.75) is 69.7 Å². The quantitative estimate of drug-likeness (QED) is 0.213. The van der Waals surface area contributed by atoms with Crippen molar-refractivity contribution >= 4 is 36.4 Å². The molecule has 0 aromatic carbocycles. The molecular weight excluding hydrogens is 461 g/mol. The lowest BCUT2D eigenvalue weighted by atomic mass is 9.81. The number of rotatable bonds is 10. The highest BCUT2D eigenvalue weighted by Gasteiger charge is 2.63. The van der Waals surface area contributed by atoms with Gasteiger partial charge in [-0.2, -0.15) is 0 Å². The second-order valence-corrected chi connectivity index (χ2v) is 8.84. The summed E-state index contributed by atoms with van der Waals surface area (Å²) in [6.07, 6.45) is -4.84. The number of nitrogens with two attached hydrogens (primary N) is 1. The minimum Gasteiger partial charge on any atom is -0.387 e. The van der Waals surface area contributed by atoms with Gasteiger partial charge in [0.2, 0.25) is 5.60 Å². The van der Waals surface area contributed by atoms with Crippen molar-refractivity contribution in [3.63, 3.8) is 0 Å². The van der Waals surface area contributed by atoms with E-state index in [-0.39, 0.29) is 42.7 Å². The molecule has 4 atom stereocenters. The number of nitrogens with zero attached hydrogens (tertiary/aromatic N) is 4. The van der Waals surface area contributed by atoms with Crippen molar-refractivity contribution in [3.8, 4) is 0 Å². The van der Waals surface area contributed by atoms with Gasteiger partial charge in [-0.25, -0.2) is 19.5 Å². The third kappa shape index (κ3) is 4.55. The smallest absolute Gasteiger partial charge is 0.387 e. The summed E-state index contributed by atoms with van der Waals surface area (Å²) in [7, 11) is -5.44. The number of nitrogen functional groups attached to an aromatic ring is 1. The van der Waals surface area contributed by atoms with Crippen molar-refractivity contribution in [2.24, 2.45) is 0 Å². The maximum absolute atomic E-state index is 13.1. The normalized spacial score (nSPS) is 23.8. The van der Waals surface area contributed by atoms with Gasteiger partial charge in [-0.3, -0.25) is 18.7 Å². The van der Waals surface area contributed by atoms with E-state index in [4.69, 9.17) is 15.0 Å². The molecule has 1 saturated heterocycles. The molecule has 0 amide bonds. The molecule has 0 aliphatic carbocycles. The van der Waals surface area contributed by atoms with Crippen molar-refractivity contribution in [2.75, 3.05) is 5.73 Å². The fraction of sp³-hybridized carbons (Fsp3) is 0.611. The lowest BCUT2D eigenvalue weighted by Crippen LogP contribution is -2.61. The van der Waals surface area contributed by atoms with Gasteiger partial charge >= 0.3 is 7.82 Å².